The summed E-state index contributed by atoms with van der Waals surface area (Å²) in [6.45, 7) is 0. The number of aromatic nitrogens is 2. The van der Waals surface area contributed by atoms with Gasteiger partial charge in [-0.25, -0.2) is 8.78 Å². The SMILES string of the molecule is NNC(Cc1cccc(F)c1F)c1cnsn1. The van der Waals surface area contributed by atoms with Gasteiger partial charge < -0.3 is 0 Å². The molecule has 0 aliphatic rings. The summed E-state index contributed by atoms with van der Waals surface area (Å²) in [5.41, 5.74) is 3.38. The van der Waals surface area contributed by atoms with Gasteiger partial charge in [0.2, 0.25) is 0 Å². The number of hydrogen-bond acceptors (Lipinski definition) is 5. The van der Waals surface area contributed by atoms with Gasteiger partial charge in [0.25, 0.3) is 0 Å². The Balaban J connectivity index is 2.22. The molecule has 0 spiro atoms. The highest BCUT2D eigenvalue weighted by Crippen LogP contribution is 2.19. The number of hydrazine groups is 1. The zero-order valence-corrected chi connectivity index (χ0v) is 9.55. The van der Waals surface area contributed by atoms with Crippen molar-refractivity contribution in [1.29, 1.82) is 0 Å². The summed E-state index contributed by atoms with van der Waals surface area (Å²) >= 11 is 1.04. The monoisotopic (exact) mass is 256 g/mol. The Bertz CT molecular complexity index is 489. The number of benzene rings is 1. The molecule has 0 bridgehead atoms. The predicted molar refractivity (Wildman–Crippen MR) is 60.0 cm³/mol. The summed E-state index contributed by atoms with van der Waals surface area (Å²) in [6.07, 6.45) is 1.76. The van der Waals surface area contributed by atoms with Crippen molar-refractivity contribution >= 4 is 11.7 Å². The van der Waals surface area contributed by atoms with Crippen LogP contribution < -0.4 is 11.3 Å². The van der Waals surface area contributed by atoms with Crippen LogP contribution in [0.25, 0.3) is 0 Å². The average Bonchev–Trinajstić information content (AvgIpc) is 2.85. The van der Waals surface area contributed by atoms with E-state index in [9.17, 15) is 8.78 Å². The maximum absolute atomic E-state index is 13.5. The van der Waals surface area contributed by atoms with Crippen LogP contribution in [0.5, 0.6) is 0 Å². The Morgan fingerprint density at radius 2 is 2.24 bits per heavy atom. The smallest absolute Gasteiger partial charge is 0.162 e. The van der Waals surface area contributed by atoms with Crippen LogP contribution in [0.2, 0.25) is 0 Å². The quantitative estimate of drug-likeness (QED) is 0.643. The molecular weight excluding hydrogens is 246 g/mol. The van der Waals surface area contributed by atoms with Crippen LogP contribution >= 0.6 is 11.7 Å². The maximum atomic E-state index is 13.5. The van der Waals surface area contributed by atoms with Crippen molar-refractivity contribution in [3.8, 4) is 0 Å². The Hall–Kier alpha value is -1.44. The largest absolute Gasteiger partial charge is 0.271 e. The molecule has 1 aromatic heterocycles. The minimum absolute atomic E-state index is 0.214. The van der Waals surface area contributed by atoms with Crippen molar-refractivity contribution in [1.82, 2.24) is 14.2 Å². The molecule has 17 heavy (non-hydrogen) atoms. The summed E-state index contributed by atoms with van der Waals surface area (Å²) in [4.78, 5) is 0. The molecule has 2 aromatic rings. The van der Waals surface area contributed by atoms with Crippen LogP contribution in [0.3, 0.4) is 0 Å². The zero-order chi connectivity index (χ0) is 12.3. The van der Waals surface area contributed by atoms with Gasteiger partial charge in [-0.1, -0.05) is 12.1 Å². The lowest BCUT2D eigenvalue weighted by molar-refractivity contribution is 0.479. The Labute approximate surface area is 101 Å². The van der Waals surface area contributed by atoms with Gasteiger partial charge in [0.15, 0.2) is 11.6 Å². The van der Waals surface area contributed by atoms with E-state index in [2.05, 4.69) is 14.2 Å². The first-order valence-electron chi connectivity index (χ1n) is 4.89. The number of halogens is 2. The molecule has 2 rings (SSSR count). The molecule has 0 saturated heterocycles. The van der Waals surface area contributed by atoms with Gasteiger partial charge in [-0.3, -0.25) is 11.3 Å². The van der Waals surface area contributed by atoms with Gasteiger partial charge in [0.1, 0.15) is 0 Å². The van der Waals surface area contributed by atoms with E-state index in [0.717, 1.165) is 17.8 Å². The van der Waals surface area contributed by atoms with Crippen molar-refractivity contribution in [2.24, 2.45) is 5.84 Å². The van der Waals surface area contributed by atoms with Gasteiger partial charge in [0.05, 0.1) is 29.7 Å². The van der Waals surface area contributed by atoms with E-state index in [-0.39, 0.29) is 18.0 Å². The predicted octanol–water partition coefficient (Wildman–Crippen LogP) is 1.56. The normalized spacial score (nSPS) is 12.6. The van der Waals surface area contributed by atoms with E-state index in [1.165, 1.54) is 12.1 Å². The molecule has 0 aliphatic carbocycles. The second-order valence-corrected chi connectivity index (χ2v) is 4.03. The first kappa shape index (κ1) is 12.0. The molecule has 0 amide bonds. The van der Waals surface area contributed by atoms with Crippen LogP contribution in [0.15, 0.2) is 24.4 Å². The minimum atomic E-state index is -0.866. The Morgan fingerprint density at radius 1 is 1.41 bits per heavy atom. The highest BCUT2D eigenvalue weighted by molar-refractivity contribution is 6.99. The second kappa shape index (κ2) is 5.26. The molecule has 0 fully saturated rings. The summed E-state index contributed by atoms with van der Waals surface area (Å²) in [5.74, 6) is 3.65. The van der Waals surface area contributed by atoms with Crippen molar-refractivity contribution in [2.45, 2.75) is 12.5 Å². The molecule has 3 N–H and O–H groups in total. The van der Waals surface area contributed by atoms with E-state index in [1.807, 2.05) is 0 Å². The summed E-state index contributed by atoms with van der Waals surface area (Å²) in [7, 11) is 0. The molecule has 1 heterocycles. The molecule has 0 saturated carbocycles. The summed E-state index contributed by atoms with van der Waals surface area (Å²) < 4.78 is 34.3. The maximum Gasteiger partial charge on any atom is 0.162 e. The fourth-order valence-electron chi connectivity index (χ4n) is 1.50. The van der Waals surface area contributed by atoms with Gasteiger partial charge in [-0.15, -0.1) is 0 Å². The third-order valence-corrected chi connectivity index (χ3v) is 2.88. The highest BCUT2D eigenvalue weighted by Gasteiger charge is 2.17. The van der Waals surface area contributed by atoms with E-state index in [1.54, 1.807) is 6.20 Å². The lowest BCUT2D eigenvalue weighted by Crippen LogP contribution is -2.30. The van der Waals surface area contributed by atoms with Crippen molar-refractivity contribution in [3.05, 3.63) is 47.3 Å². The second-order valence-electron chi connectivity index (χ2n) is 3.47. The van der Waals surface area contributed by atoms with Gasteiger partial charge >= 0.3 is 0 Å². The molecule has 7 heteroatoms. The third-order valence-electron chi connectivity index (χ3n) is 2.39. The summed E-state index contributed by atoms with van der Waals surface area (Å²) in [6, 6.07) is 3.67. The topological polar surface area (TPSA) is 63.8 Å². The van der Waals surface area contributed by atoms with Crippen LogP contribution in [0.4, 0.5) is 8.78 Å². The average molecular weight is 256 g/mol. The van der Waals surface area contributed by atoms with Crippen molar-refractivity contribution < 1.29 is 8.78 Å². The van der Waals surface area contributed by atoms with E-state index < -0.39 is 11.6 Å². The van der Waals surface area contributed by atoms with E-state index in [0.29, 0.717) is 5.69 Å². The number of nitrogens with two attached hydrogens (primary N) is 1. The molecule has 90 valence electrons. The molecule has 4 nitrogen and oxygen atoms in total. The molecule has 1 aromatic carbocycles. The first-order chi connectivity index (χ1) is 8.22. The highest BCUT2D eigenvalue weighted by atomic mass is 32.1. The van der Waals surface area contributed by atoms with Gasteiger partial charge in [-0.2, -0.15) is 8.75 Å². The van der Waals surface area contributed by atoms with Crippen LogP contribution in [0, 0.1) is 11.6 Å². The number of nitrogens with zero attached hydrogens (tertiary/aromatic N) is 2. The van der Waals surface area contributed by atoms with Crippen molar-refractivity contribution in [2.75, 3.05) is 0 Å². The lowest BCUT2D eigenvalue weighted by Gasteiger charge is -2.13. The van der Waals surface area contributed by atoms with E-state index >= 15 is 0 Å². The van der Waals surface area contributed by atoms with E-state index in [4.69, 9.17) is 5.84 Å². The number of nitrogens with one attached hydrogen (secondary N) is 1. The first-order valence-corrected chi connectivity index (χ1v) is 5.62. The molecule has 0 aliphatic heterocycles. The number of rotatable bonds is 4. The Morgan fingerprint density at radius 3 is 2.88 bits per heavy atom. The fourth-order valence-corrected chi connectivity index (χ4v) is 1.97. The minimum Gasteiger partial charge on any atom is -0.271 e. The summed E-state index contributed by atoms with van der Waals surface area (Å²) in [5, 5.41) is 0. The van der Waals surface area contributed by atoms with Crippen molar-refractivity contribution in [3.63, 3.8) is 0 Å². The molecule has 1 unspecified atom stereocenters. The fraction of sp³-hybridized carbons (Fsp3) is 0.200. The molecule has 0 radical (unpaired) electrons. The molecular formula is C10H10F2N4S. The molecule has 1 atom stereocenters. The van der Waals surface area contributed by atoms with Gasteiger partial charge in [0, 0.05) is 0 Å². The van der Waals surface area contributed by atoms with Crippen LogP contribution in [0.1, 0.15) is 17.3 Å². The third kappa shape index (κ3) is 2.63. The zero-order valence-electron chi connectivity index (χ0n) is 8.73. The van der Waals surface area contributed by atoms with Crippen LogP contribution in [-0.4, -0.2) is 8.75 Å². The lowest BCUT2D eigenvalue weighted by atomic mass is 10.0. The van der Waals surface area contributed by atoms with Gasteiger partial charge in [-0.05, 0) is 18.1 Å². The standard InChI is InChI=1S/C10H10F2N4S/c11-7-3-1-2-6(10(7)12)4-8(15-13)9-5-14-17-16-9/h1-3,5,8,15H,4,13H2. The number of hydrogen-bond donors (Lipinski definition) is 2. The van der Waals surface area contributed by atoms with Crippen LogP contribution in [-0.2, 0) is 6.42 Å². The Kier molecular flexibility index (Phi) is 3.72.